The van der Waals surface area contributed by atoms with Gasteiger partial charge in [0.05, 0.1) is 0 Å². The molecule has 2 aromatic rings. The Labute approximate surface area is 128 Å². The van der Waals surface area contributed by atoms with Gasteiger partial charge in [0.2, 0.25) is 0 Å². The van der Waals surface area contributed by atoms with E-state index in [0.717, 1.165) is 16.5 Å². The van der Waals surface area contributed by atoms with Crippen LogP contribution in [0.2, 0.25) is 0 Å². The lowest BCUT2D eigenvalue weighted by Gasteiger charge is -2.21. The van der Waals surface area contributed by atoms with Gasteiger partial charge in [-0.1, -0.05) is 34.1 Å². The molecule has 20 heavy (non-hydrogen) atoms. The molecule has 0 heterocycles. The van der Waals surface area contributed by atoms with E-state index in [9.17, 15) is 4.39 Å². The van der Waals surface area contributed by atoms with Crippen LogP contribution in [0.4, 0.5) is 4.39 Å². The molecule has 0 aromatic heterocycles. The van der Waals surface area contributed by atoms with E-state index >= 15 is 0 Å². The van der Waals surface area contributed by atoms with E-state index < -0.39 is 0 Å². The van der Waals surface area contributed by atoms with Gasteiger partial charge in [0, 0.05) is 10.5 Å². The lowest BCUT2D eigenvalue weighted by molar-refractivity contribution is 0.578. The topological polar surface area (TPSA) is 12.0 Å². The number of hydrogen-bond donors (Lipinski definition) is 1. The highest BCUT2D eigenvalue weighted by atomic mass is 79.9. The van der Waals surface area contributed by atoms with Gasteiger partial charge in [0.1, 0.15) is 5.82 Å². The van der Waals surface area contributed by atoms with Crippen molar-refractivity contribution in [1.29, 1.82) is 0 Å². The zero-order valence-corrected chi connectivity index (χ0v) is 13.6. The molecule has 0 spiro atoms. The molecule has 0 radical (unpaired) electrons. The van der Waals surface area contributed by atoms with Crippen molar-refractivity contribution in [3.8, 4) is 0 Å². The number of rotatable bonds is 4. The highest BCUT2D eigenvalue weighted by Crippen LogP contribution is 2.26. The molecule has 2 aromatic carbocycles. The summed E-state index contributed by atoms with van der Waals surface area (Å²) < 4.78 is 14.3. The van der Waals surface area contributed by atoms with E-state index in [1.54, 1.807) is 6.07 Å². The van der Waals surface area contributed by atoms with Crippen molar-refractivity contribution in [1.82, 2.24) is 5.32 Å². The maximum absolute atomic E-state index is 13.5. The van der Waals surface area contributed by atoms with Gasteiger partial charge in [-0.2, -0.15) is 0 Å². The zero-order valence-electron chi connectivity index (χ0n) is 12.0. The Kier molecular flexibility index (Phi) is 4.95. The molecular weight excluding hydrogens is 317 g/mol. The molecule has 0 amide bonds. The minimum absolute atomic E-state index is 0.185. The van der Waals surface area contributed by atoms with Crippen molar-refractivity contribution in [3.63, 3.8) is 0 Å². The SMILES string of the molecule is CNC(Cc1cc(F)cc(Br)c1)c1c(C)cccc1C. The van der Waals surface area contributed by atoms with Crippen LogP contribution in [0.1, 0.15) is 28.3 Å². The van der Waals surface area contributed by atoms with Crippen LogP contribution in [0.5, 0.6) is 0 Å². The van der Waals surface area contributed by atoms with Crippen LogP contribution in [0, 0.1) is 19.7 Å². The first-order valence-electron chi connectivity index (χ1n) is 6.69. The van der Waals surface area contributed by atoms with E-state index in [2.05, 4.69) is 53.3 Å². The third kappa shape index (κ3) is 3.47. The molecule has 0 aliphatic carbocycles. The minimum Gasteiger partial charge on any atom is -0.313 e. The van der Waals surface area contributed by atoms with Crippen molar-refractivity contribution in [2.24, 2.45) is 0 Å². The molecule has 1 N–H and O–H groups in total. The Balaban J connectivity index is 2.34. The fourth-order valence-corrected chi connectivity index (χ4v) is 3.20. The molecule has 0 fully saturated rings. The lowest BCUT2D eigenvalue weighted by Crippen LogP contribution is -2.21. The van der Waals surface area contributed by atoms with Crippen molar-refractivity contribution >= 4 is 15.9 Å². The normalized spacial score (nSPS) is 12.4. The van der Waals surface area contributed by atoms with Gasteiger partial charge in [-0.25, -0.2) is 4.39 Å². The first kappa shape index (κ1) is 15.2. The molecular formula is C17H19BrFN. The highest BCUT2D eigenvalue weighted by molar-refractivity contribution is 9.10. The molecule has 0 bridgehead atoms. The smallest absolute Gasteiger partial charge is 0.124 e. The predicted octanol–water partition coefficient (Wildman–Crippen LogP) is 4.71. The zero-order chi connectivity index (χ0) is 14.7. The highest BCUT2D eigenvalue weighted by Gasteiger charge is 2.15. The summed E-state index contributed by atoms with van der Waals surface area (Å²) in [7, 11) is 1.95. The lowest BCUT2D eigenvalue weighted by atomic mass is 9.92. The largest absolute Gasteiger partial charge is 0.313 e. The van der Waals surface area contributed by atoms with Gasteiger partial charge >= 0.3 is 0 Å². The Morgan fingerprint density at radius 3 is 2.35 bits per heavy atom. The standard InChI is InChI=1S/C17H19BrFN/c1-11-5-4-6-12(2)17(11)16(20-3)9-13-7-14(18)10-15(19)8-13/h4-8,10,16,20H,9H2,1-3H3. The fraction of sp³-hybridized carbons (Fsp3) is 0.294. The summed E-state index contributed by atoms with van der Waals surface area (Å²) >= 11 is 3.35. The van der Waals surface area contributed by atoms with Gasteiger partial charge in [0.15, 0.2) is 0 Å². The molecule has 0 saturated carbocycles. The van der Waals surface area contributed by atoms with Crippen LogP contribution in [-0.4, -0.2) is 7.05 Å². The van der Waals surface area contributed by atoms with E-state index in [-0.39, 0.29) is 11.9 Å². The number of aryl methyl sites for hydroxylation is 2. The number of nitrogens with one attached hydrogen (secondary N) is 1. The maximum atomic E-state index is 13.5. The summed E-state index contributed by atoms with van der Waals surface area (Å²) in [6, 6.07) is 11.5. The molecule has 2 rings (SSSR count). The van der Waals surface area contributed by atoms with Gasteiger partial charge in [0.25, 0.3) is 0 Å². The molecule has 0 saturated heterocycles. The third-order valence-corrected chi connectivity index (χ3v) is 4.06. The van der Waals surface area contributed by atoms with E-state index in [1.807, 2.05) is 13.1 Å². The van der Waals surface area contributed by atoms with Crippen molar-refractivity contribution in [2.75, 3.05) is 7.05 Å². The summed E-state index contributed by atoms with van der Waals surface area (Å²) in [4.78, 5) is 0. The van der Waals surface area contributed by atoms with Crippen LogP contribution < -0.4 is 5.32 Å². The second-order valence-electron chi connectivity index (χ2n) is 5.13. The Bertz CT molecular complexity index is 569. The average Bonchev–Trinajstić information content (AvgIpc) is 2.36. The number of hydrogen-bond acceptors (Lipinski definition) is 1. The minimum atomic E-state index is -0.203. The van der Waals surface area contributed by atoms with Gasteiger partial charge in [-0.3, -0.25) is 0 Å². The Morgan fingerprint density at radius 1 is 1.15 bits per heavy atom. The first-order chi connectivity index (χ1) is 9.51. The average molecular weight is 336 g/mol. The molecule has 0 aliphatic heterocycles. The Hall–Kier alpha value is -1.19. The summed E-state index contributed by atoms with van der Waals surface area (Å²) in [6.07, 6.45) is 0.762. The second-order valence-corrected chi connectivity index (χ2v) is 6.04. The maximum Gasteiger partial charge on any atom is 0.124 e. The third-order valence-electron chi connectivity index (χ3n) is 3.60. The first-order valence-corrected chi connectivity index (χ1v) is 7.49. The van der Waals surface area contributed by atoms with Crippen LogP contribution in [0.3, 0.4) is 0 Å². The second kappa shape index (κ2) is 6.51. The molecule has 1 unspecified atom stereocenters. The molecule has 1 nitrogen and oxygen atoms in total. The monoisotopic (exact) mass is 335 g/mol. The Morgan fingerprint density at radius 2 is 1.80 bits per heavy atom. The fourth-order valence-electron chi connectivity index (χ4n) is 2.69. The van der Waals surface area contributed by atoms with Crippen LogP contribution in [0.25, 0.3) is 0 Å². The van der Waals surface area contributed by atoms with Crippen LogP contribution in [0.15, 0.2) is 40.9 Å². The summed E-state index contributed by atoms with van der Waals surface area (Å²) in [5, 5.41) is 3.35. The van der Waals surface area contributed by atoms with Crippen molar-refractivity contribution in [2.45, 2.75) is 26.3 Å². The molecule has 1 atom stereocenters. The van der Waals surface area contributed by atoms with Crippen molar-refractivity contribution in [3.05, 3.63) is 68.9 Å². The summed E-state index contributed by atoms with van der Waals surface area (Å²) in [5.41, 5.74) is 4.81. The molecule has 106 valence electrons. The number of benzene rings is 2. The number of halogens is 2. The van der Waals surface area contributed by atoms with Crippen LogP contribution in [-0.2, 0) is 6.42 Å². The van der Waals surface area contributed by atoms with E-state index in [0.29, 0.717) is 0 Å². The summed E-state index contributed by atoms with van der Waals surface area (Å²) in [6.45, 7) is 4.24. The van der Waals surface area contributed by atoms with E-state index in [4.69, 9.17) is 0 Å². The quantitative estimate of drug-likeness (QED) is 0.853. The van der Waals surface area contributed by atoms with Gasteiger partial charge < -0.3 is 5.32 Å². The van der Waals surface area contributed by atoms with Gasteiger partial charge in [-0.05, 0) is 67.8 Å². The van der Waals surface area contributed by atoms with Crippen molar-refractivity contribution < 1.29 is 4.39 Å². The molecule has 3 heteroatoms. The van der Waals surface area contributed by atoms with E-state index in [1.165, 1.54) is 22.8 Å². The summed E-state index contributed by atoms with van der Waals surface area (Å²) in [5.74, 6) is -0.203. The number of likely N-dealkylation sites (N-methyl/N-ethyl adjacent to an activating group) is 1. The van der Waals surface area contributed by atoms with Crippen LogP contribution >= 0.6 is 15.9 Å². The van der Waals surface area contributed by atoms with Gasteiger partial charge in [-0.15, -0.1) is 0 Å². The molecule has 0 aliphatic rings. The predicted molar refractivity (Wildman–Crippen MR) is 85.5 cm³/mol.